The maximum absolute atomic E-state index is 5.09. The molecule has 0 radical (unpaired) electrons. The smallest absolute Gasteiger partial charge is 0.124 e. The van der Waals surface area contributed by atoms with Crippen molar-refractivity contribution < 1.29 is 0 Å². The number of pyridine rings is 1. The maximum Gasteiger partial charge on any atom is 0.124 e. The Labute approximate surface area is 239 Å². The number of hydrogen-bond donors (Lipinski definition) is 0. The van der Waals surface area contributed by atoms with E-state index < -0.39 is 0 Å². The van der Waals surface area contributed by atoms with Crippen LogP contribution in [0.25, 0.3) is 74.9 Å². The van der Waals surface area contributed by atoms with Gasteiger partial charge in [0.2, 0.25) is 0 Å². The summed E-state index contributed by atoms with van der Waals surface area (Å²) in [7, 11) is 0. The number of rotatable bonds is 4. The van der Waals surface area contributed by atoms with Crippen LogP contribution in [0.4, 0.5) is 0 Å². The molecule has 188 valence electrons. The van der Waals surface area contributed by atoms with Crippen LogP contribution in [0.2, 0.25) is 0 Å². The van der Waals surface area contributed by atoms with Crippen LogP contribution < -0.4 is 0 Å². The Kier molecular flexibility index (Phi) is 5.50. The molecular formula is C35H21N3S2. The summed E-state index contributed by atoms with van der Waals surface area (Å²) >= 11 is 3.45. The van der Waals surface area contributed by atoms with Crippen molar-refractivity contribution >= 4 is 54.0 Å². The number of thiazole rings is 2. The van der Waals surface area contributed by atoms with E-state index in [1.807, 2.05) is 12.1 Å². The highest BCUT2D eigenvalue weighted by Crippen LogP contribution is 2.37. The van der Waals surface area contributed by atoms with Gasteiger partial charge < -0.3 is 0 Å². The van der Waals surface area contributed by atoms with E-state index in [0.717, 1.165) is 65.5 Å². The van der Waals surface area contributed by atoms with E-state index in [2.05, 4.69) is 115 Å². The molecule has 3 nitrogen and oxygen atoms in total. The fourth-order valence-corrected chi connectivity index (χ4v) is 7.11. The molecule has 0 fully saturated rings. The molecule has 0 spiro atoms. The molecule has 5 heteroatoms. The van der Waals surface area contributed by atoms with Crippen LogP contribution in [-0.2, 0) is 0 Å². The highest BCUT2D eigenvalue weighted by molar-refractivity contribution is 7.22. The highest BCUT2D eigenvalue weighted by atomic mass is 32.1. The molecule has 8 rings (SSSR count). The third-order valence-electron chi connectivity index (χ3n) is 7.13. The Morgan fingerprint density at radius 1 is 0.400 bits per heavy atom. The predicted molar refractivity (Wildman–Crippen MR) is 170 cm³/mol. The SMILES string of the molecule is c1cc(-c2cc(-c3cccc(-c4nc5ccccc5s4)c3)c3ccccc3n2)cc(-c2nc3ccccc3s2)c1. The van der Waals surface area contributed by atoms with Gasteiger partial charge in [0, 0.05) is 22.1 Å². The van der Waals surface area contributed by atoms with Gasteiger partial charge in [-0.25, -0.2) is 15.0 Å². The van der Waals surface area contributed by atoms with Crippen LogP contribution in [0.15, 0.2) is 127 Å². The lowest BCUT2D eigenvalue weighted by Gasteiger charge is -2.12. The molecule has 0 bridgehead atoms. The molecule has 40 heavy (non-hydrogen) atoms. The summed E-state index contributed by atoms with van der Waals surface area (Å²) < 4.78 is 2.40. The van der Waals surface area contributed by atoms with Gasteiger partial charge in [0.15, 0.2) is 0 Å². The third-order valence-corrected chi connectivity index (χ3v) is 9.30. The summed E-state index contributed by atoms with van der Waals surface area (Å²) in [6.07, 6.45) is 0. The molecule has 0 amide bonds. The Hall–Kier alpha value is -4.71. The number of para-hydroxylation sites is 3. The number of nitrogens with zero attached hydrogens (tertiary/aromatic N) is 3. The van der Waals surface area contributed by atoms with E-state index in [4.69, 9.17) is 15.0 Å². The first-order chi connectivity index (χ1) is 19.8. The van der Waals surface area contributed by atoms with Crippen LogP contribution in [0.5, 0.6) is 0 Å². The fourth-order valence-electron chi connectivity index (χ4n) is 5.18. The Morgan fingerprint density at radius 2 is 0.925 bits per heavy atom. The predicted octanol–water partition coefficient (Wildman–Crippen LogP) is 10.1. The normalized spacial score (nSPS) is 11.5. The monoisotopic (exact) mass is 547 g/mol. The molecule has 0 aliphatic heterocycles. The lowest BCUT2D eigenvalue weighted by molar-refractivity contribution is 1.39. The van der Waals surface area contributed by atoms with E-state index in [1.165, 1.54) is 9.40 Å². The van der Waals surface area contributed by atoms with Crippen molar-refractivity contribution in [2.24, 2.45) is 0 Å². The molecular weight excluding hydrogens is 527 g/mol. The Bertz CT molecular complexity index is 2130. The van der Waals surface area contributed by atoms with Crippen LogP contribution >= 0.6 is 22.7 Å². The molecule has 0 aliphatic rings. The standard InChI is InChI=1S/C35H21N3S2/c1-2-14-28-26(13-1)27(22-9-7-11-24(19-22)34-37-29-15-3-5-17-32(29)39-34)21-31(36-28)23-10-8-12-25(20-23)35-38-30-16-4-6-18-33(30)40-35/h1-21H. The topological polar surface area (TPSA) is 38.7 Å². The summed E-state index contributed by atoms with van der Waals surface area (Å²) in [6, 6.07) is 44.5. The van der Waals surface area contributed by atoms with Gasteiger partial charge in [0.25, 0.3) is 0 Å². The van der Waals surface area contributed by atoms with Gasteiger partial charge in [-0.1, -0.05) is 78.9 Å². The van der Waals surface area contributed by atoms with Crippen molar-refractivity contribution in [2.45, 2.75) is 0 Å². The second-order valence-electron chi connectivity index (χ2n) is 9.71. The second-order valence-corrected chi connectivity index (χ2v) is 11.8. The first-order valence-corrected chi connectivity index (χ1v) is 14.7. The van der Waals surface area contributed by atoms with Crippen LogP contribution in [0.1, 0.15) is 0 Å². The Morgan fingerprint density at radius 3 is 1.57 bits per heavy atom. The number of hydrogen-bond acceptors (Lipinski definition) is 5. The molecule has 3 aromatic heterocycles. The molecule has 0 saturated heterocycles. The first kappa shape index (κ1) is 23.2. The van der Waals surface area contributed by atoms with Crippen molar-refractivity contribution in [3.8, 4) is 43.5 Å². The van der Waals surface area contributed by atoms with E-state index >= 15 is 0 Å². The van der Waals surface area contributed by atoms with E-state index in [-0.39, 0.29) is 0 Å². The summed E-state index contributed by atoms with van der Waals surface area (Å²) in [5.41, 5.74) is 9.61. The molecule has 0 unspecified atom stereocenters. The lowest BCUT2D eigenvalue weighted by atomic mass is 9.96. The van der Waals surface area contributed by atoms with Gasteiger partial charge in [-0.2, -0.15) is 0 Å². The molecule has 8 aromatic rings. The van der Waals surface area contributed by atoms with Gasteiger partial charge in [0.05, 0.1) is 31.6 Å². The van der Waals surface area contributed by atoms with Gasteiger partial charge in [-0.3, -0.25) is 0 Å². The fraction of sp³-hybridized carbons (Fsp3) is 0. The second kappa shape index (κ2) is 9.49. The molecule has 0 N–H and O–H groups in total. The van der Waals surface area contributed by atoms with Crippen molar-refractivity contribution in [1.29, 1.82) is 0 Å². The van der Waals surface area contributed by atoms with Crippen molar-refractivity contribution in [3.63, 3.8) is 0 Å². The minimum atomic E-state index is 0.946. The minimum Gasteiger partial charge on any atom is -0.248 e. The average molecular weight is 548 g/mol. The molecule has 5 aromatic carbocycles. The van der Waals surface area contributed by atoms with E-state index in [9.17, 15) is 0 Å². The van der Waals surface area contributed by atoms with Crippen LogP contribution in [0.3, 0.4) is 0 Å². The Balaban J connectivity index is 1.26. The van der Waals surface area contributed by atoms with Gasteiger partial charge >= 0.3 is 0 Å². The minimum absolute atomic E-state index is 0.946. The third kappa shape index (κ3) is 4.08. The zero-order valence-electron chi connectivity index (χ0n) is 21.3. The summed E-state index contributed by atoms with van der Waals surface area (Å²) in [6.45, 7) is 0. The van der Waals surface area contributed by atoms with Crippen molar-refractivity contribution in [1.82, 2.24) is 15.0 Å². The van der Waals surface area contributed by atoms with E-state index in [0.29, 0.717) is 0 Å². The zero-order chi connectivity index (χ0) is 26.5. The van der Waals surface area contributed by atoms with Crippen LogP contribution in [-0.4, -0.2) is 15.0 Å². The molecule has 0 saturated carbocycles. The quantitative estimate of drug-likeness (QED) is 0.220. The summed E-state index contributed by atoms with van der Waals surface area (Å²) in [5.74, 6) is 0. The summed E-state index contributed by atoms with van der Waals surface area (Å²) in [4.78, 5) is 14.9. The lowest BCUT2D eigenvalue weighted by Crippen LogP contribution is -1.91. The van der Waals surface area contributed by atoms with Gasteiger partial charge in [0.1, 0.15) is 10.0 Å². The number of benzene rings is 5. The first-order valence-electron chi connectivity index (χ1n) is 13.1. The number of aromatic nitrogens is 3. The zero-order valence-corrected chi connectivity index (χ0v) is 22.9. The van der Waals surface area contributed by atoms with Crippen molar-refractivity contribution in [3.05, 3.63) is 127 Å². The average Bonchev–Trinajstić information content (AvgIpc) is 3.66. The van der Waals surface area contributed by atoms with Gasteiger partial charge in [-0.15, -0.1) is 22.7 Å². The van der Waals surface area contributed by atoms with Crippen LogP contribution in [0, 0.1) is 0 Å². The largest absolute Gasteiger partial charge is 0.248 e. The molecule has 0 aliphatic carbocycles. The molecule has 3 heterocycles. The maximum atomic E-state index is 5.09. The van der Waals surface area contributed by atoms with Crippen molar-refractivity contribution in [2.75, 3.05) is 0 Å². The summed E-state index contributed by atoms with van der Waals surface area (Å²) in [5, 5.41) is 3.19. The molecule has 0 atom stereocenters. The highest BCUT2D eigenvalue weighted by Gasteiger charge is 2.13. The number of fused-ring (bicyclic) bond motifs is 3. The van der Waals surface area contributed by atoms with Gasteiger partial charge in [-0.05, 0) is 59.7 Å². The van der Waals surface area contributed by atoms with E-state index in [1.54, 1.807) is 22.7 Å².